The number of ether oxygens (including phenoxy) is 1. The Bertz CT molecular complexity index is 132. The van der Waals surface area contributed by atoms with Crippen molar-refractivity contribution in [3.05, 3.63) is 0 Å². The summed E-state index contributed by atoms with van der Waals surface area (Å²) in [6, 6.07) is 0.309. The Labute approximate surface area is 74.7 Å². The molecule has 0 rings (SSSR count). The minimum atomic E-state index is -0.216. The van der Waals surface area contributed by atoms with Crippen LogP contribution in [0, 0.1) is 0 Å². The summed E-state index contributed by atoms with van der Waals surface area (Å²) in [4.78, 5) is 12.9. The van der Waals surface area contributed by atoms with Crippen LogP contribution in [0.5, 0.6) is 0 Å². The van der Waals surface area contributed by atoms with Crippen molar-refractivity contribution in [3.63, 3.8) is 0 Å². The Morgan fingerprint density at radius 1 is 1.33 bits per heavy atom. The first-order valence-electron chi connectivity index (χ1n) is 4.56. The highest BCUT2D eigenvalue weighted by Crippen LogP contribution is 2.07. The van der Waals surface area contributed by atoms with E-state index in [1.165, 1.54) is 0 Å². The van der Waals surface area contributed by atoms with Crippen molar-refractivity contribution in [2.75, 3.05) is 13.7 Å². The molecule has 0 aliphatic carbocycles. The van der Waals surface area contributed by atoms with Gasteiger partial charge in [-0.05, 0) is 19.8 Å². The number of carbonyl (C=O) groups excluding carboxylic acids is 1. The summed E-state index contributed by atoms with van der Waals surface area (Å²) in [5.41, 5.74) is 0. The average molecular weight is 173 g/mol. The average Bonchev–Trinajstić information content (AvgIpc) is 2.07. The standard InChI is InChI=1S/C9H19NO2/c1-5-8(6-2)10(4)9(11)12-7-3/h8H,5-7H2,1-4H3. The molecular weight excluding hydrogens is 154 g/mol. The Kier molecular flexibility index (Phi) is 5.51. The van der Waals surface area contributed by atoms with E-state index in [-0.39, 0.29) is 6.09 Å². The lowest BCUT2D eigenvalue weighted by Crippen LogP contribution is -2.36. The summed E-state index contributed by atoms with van der Waals surface area (Å²) in [6.45, 7) is 6.41. The third kappa shape index (κ3) is 3.11. The fourth-order valence-corrected chi connectivity index (χ4v) is 1.21. The Morgan fingerprint density at radius 3 is 2.17 bits per heavy atom. The van der Waals surface area contributed by atoms with Crippen molar-refractivity contribution in [2.45, 2.75) is 39.7 Å². The minimum absolute atomic E-state index is 0.216. The Morgan fingerprint density at radius 2 is 1.83 bits per heavy atom. The molecule has 3 heteroatoms. The second-order valence-electron chi connectivity index (χ2n) is 2.78. The number of nitrogens with zero attached hydrogens (tertiary/aromatic N) is 1. The monoisotopic (exact) mass is 173 g/mol. The van der Waals surface area contributed by atoms with Gasteiger partial charge in [0.15, 0.2) is 0 Å². The molecule has 1 amide bonds. The predicted octanol–water partition coefficient (Wildman–Crippen LogP) is 2.26. The van der Waals surface area contributed by atoms with Crippen LogP contribution in [0.3, 0.4) is 0 Å². The minimum Gasteiger partial charge on any atom is -0.450 e. The van der Waals surface area contributed by atoms with Gasteiger partial charge in [-0.25, -0.2) is 4.79 Å². The van der Waals surface area contributed by atoms with E-state index >= 15 is 0 Å². The number of hydrogen-bond acceptors (Lipinski definition) is 2. The molecule has 0 spiro atoms. The summed E-state index contributed by atoms with van der Waals surface area (Å²) in [5.74, 6) is 0. The Hall–Kier alpha value is -0.730. The van der Waals surface area contributed by atoms with E-state index in [2.05, 4.69) is 13.8 Å². The highest BCUT2D eigenvalue weighted by atomic mass is 16.6. The van der Waals surface area contributed by atoms with Crippen LogP contribution in [0.25, 0.3) is 0 Å². The molecule has 0 aliphatic heterocycles. The molecule has 0 saturated carbocycles. The maximum absolute atomic E-state index is 11.2. The lowest BCUT2D eigenvalue weighted by atomic mass is 10.1. The van der Waals surface area contributed by atoms with Crippen molar-refractivity contribution >= 4 is 6.09 Å². The first kappa shape index (κ1) is 11.3. The summed E-state index contributed by atoms with van der Waals surface area (Å²) in [7, 11) is 1.79. The van der Waals surface area contributed by atoms with E-state index in [1.54, 1.807) is 11.9 Å². The molecule has 0 N–H and O–H groups in total. The normalized spacial score (nSPS) is 10.1. The van der Waals surface area contributed by atoms with E-state index in [1.807, 2.05) is 6.92 Å². The molecule has 3 nitrogen and oxygen atoms in total. The van der Waals surface area contributed by atoms with Crippen LogP contribution in [0.2, 0.25) is 0 Å². The molecule has 12 heavy (non-hydrogen) atoms. The molecule has 0 heterocycles. The summed E-state index contributed by atoms with van der Waals surface area (Å²) in [6.07, 6.45) is 1.74. The molecule has 72 valence electrons. The SMILES string of the molecule is CCOC(=O)N(C)C(CC)CC. The number of hydrogen-bond donors (Lipinski definition) is 0. The van der Waals surface area contributed by atoms with Crippen LogP contribution >= 0.6 is 0 Å². The van der Waals surface area contributed by atoms with Gasteiger partial charge in [0.05, 0.1) is 6.61 Å². The van der Waals surface area contributed by atoms with E-state index < -0.39 is 0 Å². The maximum Gasteiger partial charge on any atom is 0.409 e. The van der Waals surface area contributed by atoms with E-state index in [9.17, 15) is 4.79 Å². The smallest absolute Gasteiger partial charge is 0.409 e. The molecule has 0 aromatic carbocycles. The fraction of sp³-hybridized carbons (Fsp3) is 0.889. The molecule has 0 aromatic heterocycles. The first-order chi connectivity index (χ1) is 5.67. The molecule has 0 aromatic rings. The zero-order chi connectivity index (χ0) is 9.56. The molecule has 0 saturated heterocycles. The van der Waals surface area contributed by atoms with Gasteiger partial charge in [0, 0.05) is 13.1 Å². The van der Waals surface area contributed by atoms with Gasteiger partial charge in [-0.2, -0.15) is 0 Å². The molecule has 0 bridgehead atoms. The van der Waals surface area contributed by atoms with E-state index in [0.29, 0.717) is 12.6 Å². The predicted molar refractivity (Wildman–Crippen MR) is 49.2 cm³/mol. The molecule has 0 unspecified atom stereocenters. The van der Waals surface area contributed by atoms with Gasteiger partial charge >= 0.3 is 6.09 Å². The first-order valence-corrected chi connectivity index (χ1v) is 4.56. The van der Waals surface area contributed by atoms with Crippen LogP contribution in [-0.4, -0.2) is 30.7 Å². The van der Waals surface area contributed by atoms with Gasteiger partial charge in [-0.1, -0.05) is 13.8 Å². The highest BCUT2D eigenvalue weighted by Gasteiger charge is 2.16. The van der Waals surface area contributed by atoms with Crippen molar-refractivity contribution < 1.29 is 9.53 Å². The second-order valence-corrected chi connectivity index (χ2v) is 2.78. The third-order valence-corrected chi connectivity index (χ3v) is 2.05. The number of carbonyl (C=O) groups is 1. The fourth-order valence-electron chi connectivity index (χ4n) is 1.21. The molecule has 0 fully saturated rings. The van der Waals surface area contributed by atoms with Gasteiger partial charge in [0.1, 0.15) is 0 Å². The van der Waals surface area contributed by atoms with Gasteiger partial charge in [-0.3, -0.25) is 0 Å². The summed E-state index contributed by atoms with van der Waals surface area (Å²) in [5, 5.41) is 0. The van der Waals surface area contributed by atoms with Crippen LogP contribution in [-0.2, 0) is 4.74 Å². The van der Waals surface area contributed by atoms with Crippen LogP contribution < -0.4 is 0 Å². The maximum atomic E-state index is 11.2. The second kappa shape index (κ2) is 5.86. The van der Waals surface area contributed by atoms with E-state index in [0.717, 1.165) is 12.8 Å². The highest BCUT2D eigenvalue weighted by molar-refractivity contribution is 5.67. The van der Waals surface area contributed by atoms with Crippen molar-refractivity contribution in [1.82, 2.24) is 4.90 Å². The Balaban J connectivity index is 3.96. The van der Waals surface area contributed by atoms with Crippen molar-refractivity contribution in [2.24, 2.45) is 0 Å². The summed E-state index contributed by atoms with van der Waals surface area (Å²) < 4.78 is 4.88. The quantitative estimate of drug-likeness (QED) is 0.652. The van der Waals surface area contributed by atoms with Crippen LogP contribution in [0.15, 0.2) is 0 Å². The molecule has 0 radical (unpaired) electrons. The summed E-state index contributed by atoms with van der Waals surface area (Å²) >= 11 is 0. The number of rotatable bonds is 4. The van der Waals surface area contributed by atoms with Crippen LogP contribution in [0.4, 0.5) is 4.79 Å². The van der Waals surface area contributed by atoms with Gasteiger partial charge < -0.3 is 9.64 Å². The molecule has 0 aliphatic rings. The van der Waals surface area contributed by atoms with Gasteiger partial charge in [-0.15, -0.1) is 0 Å². The van der Waals surface area contributed by atoms with Crippen LogP contribution in [0.1, 0.15) is 33.6 Å². The topological polar surface area (TPSA) is 29.5 Å². The van der Waals surface area contributed by atoms with Gasteiger partial charge in [0.25, 0.3) is 0 Å². The lowest BCUT2D eigenvalue weighted by molar-refractivity contribution is 0.0996. The van der Waals surface area contributed by atoms with Crippen molar-refractivity contribution in [3.8, 4) is 0 Å². The number of amides is 1. The molecule has 0 atom stereocenters. The lowest BCUT2D eigenvalue weighted by Gasteiger charge is -2.25. The molecular formula is C9H19NO2. The van der Waals surface area contributed by atoms with Gasteiger partial charge in [0.2, 0.25) is 0 Å². The third-order valence-electron chi connectivity index (χ3n) is 2.05. The van der Waals surface area contributed by atoms with Crippen molar-refractivity contribution in [1.29, 1.82) is 0 Å². The zero-order valence-corrected chi connectivity index (χ0v) is 8.46. The van der Waals surface area contributed by atoms with E-state index in [4.69, 9.17) is 4.74 Å². The largest absolute Gasteiger partial charge is 0.450 e. The zero-order valence-electron chi connectivity index (χ0n) is 8.46.